The van der Waals surface area contributed by atoms with E-state index in [0.717, 1.165) is 0 Å². The number of amides is 1. The molecule has 1 aliphatic rings. The third-order valence-corrected chi connectivity index (χ3v) is 3.34. The summed E-state index contributed by atoms with van der Waals surface area (Å²) >= 11 is 0. The Bertz CT molecular complexity index is 493. The molecule has 5 heteroatoms. The molecule has 1 amide bonds. The largest absolute Gasteiger partial charge is 0.454 e. The summed E-state index contributed by atoms with van der Waals surface area (Å²) in [5.41, 5.74) is 0.350. The summed E-state index contributed by atoms with van der Waals surface area (Å²) < 4.78 is 10.4. The minimum absolute atomic E-state index is 0.176. The summed E-state index contributed by atoms with van der Waals surface area (Å²) in [6.07, 6.45) is 0.0827. The number of hydrogen-bond acceptors (Lipinski definition) is 4. The van der Waals surface area contributed by atoms with Gasteiger partial charge in [0.05, 0.1) is 6.10 Å². The Morgan fingerprint density at radius 1 is 1.35 bits per heavy atom. The van der Waals surface area contributed by atoms with Gasteiger partial charge in [0, 0.05) is 12.1 Å². The Kier molecular flexibility index (Phi) is 4.18. The zero-order valence-electron chi connectivity index (χ0n) is 12.1. The van der Waals surface area contributed by atoms with Crippen LogP contribution >= 0.6 is 0 Å². The average molecular weight is 279 g/mol. The van der Waals surface area contributed by atoms with Gasteiger partial charge in [0.1, 0.15) is 0 Å². The zero-order valence-corrected chi connectivity index (χ0v) is 12.1. The molecule has 20 heavy (non-hydrogen) atoms. The predicted octanol–water partition coefficient (Wildman–Crippen LogP) is 1.94. The van der Waals surface area contributed by atoms with Gasteiger partial charge in [0.15, 0.2) is 11.5 Å². The van der Waals surface area contributed by atoms with E-state index >= 15 is 0 Å². The van der Waals surface area contributed by atoms with Gasteiger partial charge in [-0.25, -0.2) is 0 Å². The highest BCUT2D eigenvalue weighted by atomic mass is 16.7. The molecule has 0 saturated carbocycles. The Balaban J connectivity index is 1.86. The van der Waals surface area contributed by atoms with Crippen molar-refractivity contribution in [2.24, 2.45) is 5.41 Å². The number of rotatable bonds is 4. The van der Waals surface area contributed by atoms with Crippen LogP contribution in [0.3, 0.4) is 0 Å². The third kappa shape index (κ3) is 3.42. The van der Waals surface area contributed by atoms with Gasteiger partial charge in [0.2, 0.25) is 6.79 Å². The number of nitrogens with one attached hydrogen (secondary N) is 1. The number of aliphatic hydroxyl groups excluding tert-OH is 1. The lowest BCUT2D eigenvalue weighted by atomic mass is 9.87. The average Bonchev–Trinajstić information content (AvgIpc) is 2.84. The van der Waals surface area contributed by atoms with Gasteiger partial charge in [-0.3, -0.25) is 4.79 Å². The molecule has 1 atom stereocenters. The second-order valence-electron chi connectivity index (χ2n) is 5.99. The molecule has 0 saturated heterocycles. The molecule has 5 nitrogen and oxygen atoms in total. The number of fused-ring (bicyclic) bond motifs is 1. The molecule has 0 aliphatic carbocycles. The fourth-order valence-electron chi connectivity index (χ4n) is 1.90. The van der Waals surface area contributed by atoms with Crippen LogP contribution in [-0.2, 0) is 0 Å². The lowest BCUT2D eigenvalue weighted by Crippen LogP contribution is -2.32. The minimum atomic E-state index is -0.445. The second-order valence-corrected chi connectivity index (χ2v) is 5.99. The van der Waals surface area contributed by atoms with Crippen LogP contribution in [0.25, 0.3) is 0 Å². The monoisotopic (exact) mass is 279 g/mol. The van der Waals surface area contributed by atoms with Crippen molar-refractivity contribution >= 4 is 5.91 Å². The molecule has 1 heterocycles. The van der Waals surface area contributed by atoms with Crippen LogP contribution < -0.4 is 14.8 Å². The molecule has 2 N–H and O–H groups in total. The van der Waals surface area contributed by atoms with E-state index in [-0.39, 0.29) is 18.1 Å². The van der Waals surface area contributed by atoms with E-state index in [9.17, 15) is 9.90 Å². The number of benzene rings is 1. The van der Waals surface area contributed by atoms with Gasteiger partial charge in [-0.15, -0.1) is 0 Å². The van der Waals surface area contributed by atoms with Crippen molar-refractivity contribution in [3.63, 3.8) is 0 Å². The normalized spacial score (nSPS) is 15.0. The number of hydrogen-bond donors (Lipinski definition) is 2. The van der Waals surface area contributed by atoms with E-state index in [1.54, 1.807) is 18.2 Å². The zero-order chi connectivity index (χ0) is 14.8. The number of carbonyl (C=O) groups excluding carboxylic acids is 1. The molecule has 1 aromatic rings. The first-order chi connectivity index (χ1) is 9.38. The van der Waals surface area contributed by atoms with Gasteiger partial charge in [-0.1, -0.05) is 20.8 Å². The molecule has 0 bridgehead atoms. The molecule has 0 radical (unpaired) electrons. The van der Waals surface area contributed by atoms with Crippen LogP contribution in [0.2, 0.25) is 0 Å². The molecule has 2 rings (SSSR count). The fourth-order valence-corrected chi connectivity index (χ4v) is 1.90. The topological polar surface area (TPSA) is 67.8 Å². The minimum Gasteiger partial charge on any atom is -0.454 e. The highest BCUT2D eigenvalue weighted by Gasteiger charge is 2.22. The molecule has 110 valence electrons. The van der Waals surface area contributed by atoms with Gasteiger partial charge in [-0.05, 0) is 30.0 Å². The van der Waals surface area contributed by atoms with Crippen molar-refractivity contribution in [3.05, 3.63) is 23.8 Å². The van der Waals surface area contributed by atoms with Gasteiger partial charge < -0.3 is 19.9 Å². The van der Waals surface area contributed by atoms with Crippen molar-refractivity contribution in [3.8, 4) is 11.5 Å². The van der Waals surface area contributed by atoms with Crippen LogP contribution in [0.1, 0.15) is 37.6 Å². The van der Waals surface area contributed by atoms with Crippen LogP contribution in [0, 0.1) is 5.41 Å². The molecule has 1 aliphatic heterocycles. The summed E-state index contributed by atoms with van der Waals surface area (Å²) in [5, 5.41) is 12.7. The van der Waals surface area contributed by atoms with E-state index < -0.39 is 6.10 Å². The number of carbonyl (C=O) groups is 1. The van der Waals surface area contributed by atoms with Crippen molar-refractivity contribution in [2.45, 2.75) is 33.3 Å². The SMILES string of the molecule is CC(C)(C)[C@@H](O)CCNC(=O)c1ccc2c(c1)OCO2. The molecular weight excluding hydrogens is 258 g/mol. The van der Waals surface area contributed by atoms with Crippen LogP contribution in [0.4, 0.5) is 0 Å². The maximum atomic E-state index is 12.0. The summed E-state index contributed by atoms with van der Waals surface area (Å²) in [6, 6.07) is 5.09. The van der Waals surface area contributed by atoms with E-state index in [1.165, 1.54) is 0 Å². The van der Waals surface area contributed by atoms with Gasteiger partial charge >= 0.3 is 0 Å². The Morgan fingerprint density at radius 2 is 2.05 bits per heavy atom. The van der Waals surface area contributed by atoms with E-state index in [1.807, 2.05) is 20.8 Å². The first-order valence-corrected chi connectivity index (χ1v) is 6.74. The van der Waals surface area contributed by atoms with Crippen molar-refractivity contribution in [2.75, 3.05) is 13.3 Å². The summed E-state index contributed by atoms with van der Waals surface area (Å²) in [5.74, 6) is 1.07. The lowest BCUT2D eigenvalue weighted by molar-refractivity contribution is 0.0551. The molecule has 0 aromatic heterocycles. The molecular formula is C15H21NO4. The van der Waals surface area contributed by atoms with E-state index in [0.29, 0.717) is 30.0 Å². The lowest BCUT2D eigenvalue weighted by Gasteiger charge is -2.25. The standard InChI is InChI=1S/C15H21NO4/c1-15(2,3)13(17)6-7-16-14(18)10-4-5-11-12(8-10)20-9-19-11/h4-5,8,13,17H,6-7,9H2,1-3H3,(H,16,18)/t13-/m0/s1. The van der Waals surface area contributed by atoms with Crippen LogP contribution in [0.15, 0.2) is 18.2 Å². The smallest absolute Gasteiger partial charge is 0.251 e. The summed E-state index contributed by atoms with van der Waals surface area (Å²) in [7, 11) is 0. The van der Waals surface area contributed by atoms with Gasteiger partial charge in [-0.2, -0.15) is 0 Å². The molecule has 0 spiro atoms. The highest BCUT2D eigenvalue weighted by Crippen LogP contribution is 2.32. The number of ether oxygens (including phenoxy) is 2. The summed E-state index contributed by atoms with van der Waals surface area (Å²) in [6.45, 7) is 6.54. The first-order valence-electron chi connectivity index (χ1n) is 6.74. The number of aliphatic hydroxyl groups is 1. The van der Waals surface area contributed by atoms with E-state index in [2.05, 4.69) is 5.32 Å². The van der Waals surface area contributed by atoms with Crippen LogP contribution in [-0.4, -0.2) is 30.5 Å². The first kappa shape index (κ1) is 14.7. The third-order valence-electron chi connectivity index (χ3n) is 3.34. The fraction of sp³-hybridized carbons (Fsp3) is 0.533. The Labute approximate surface area is 118 Å². The molecule has 0 fully saturated rings. The Morgan fingerprint density at radius 3 is 2.75 bits per heavy atom. The quantitative estimate of drug-likeness (QED) is 0.884. The molecule has 1 aromatic carbocycles. The maximum Gasteiger partial charge on any atom is 0.251 e. The Hall–Kier alpha value is -1.75. The second kappa shape index (κ2) is 5.71. The van der Waals surface area contributed by atoms with Crippen molar-refractivity contribution in [1.82, 2.24) is 5.32 Å². The highest BCUT2D eigenvalue weighted by molar-refractivity contribution is 5.94. The van der Waals surface area contributed by atoms with Crippen molar-refractivity contribution < 1.29 is 19.4 Å². The van der Waals surface area contributed by atoms with E-state index in [4.69, 9.17) is 9.47 Å². The summed E-state index contributed by atoms with van der Waals surface area (Å²) in [4.78, 5) is 12.0. The van der Waals surface area contributed by atoms with Gasteiger partial charge in [0.25, 0.3) is 5.91 Å². The van der Waals surface area contributed by atoms with Crippen molar-refractivity contribution in [1.29, 1.82) is 0 Å². The maximum absolute atomic E-state index is 12.0. The van der Waals surface area contributed by atoms with Crippen LogP contribution in [0.5, 0.6) is 11.5 Å². The predicted molar refractivity (Wildman–Crippen MR) is 75.0 cm³/mol. The molecule has 0 unspecified atom stereocenters.